The lowest BCUT2D eigenvalue weighted by Gasteiger charge is -2.43. The van der Waals surface area contributed by atoms with E-state index in [4.69, 9.17) is 0 Å². The Labute approximate surface area is 213 Å². The molecular formula is C27H31FN4O3S. The molecule has 0 radical (unpaired) electrons. The van der Waals surface area contributed by atoms with Crippen LogP contribution in [0.15, 0.2) is 54.7 Å². The number of hydrogen-bond acceptors (Lipinski definition) is 6. The molecule has 1 aromatic heterocycles. The number of benzene rings is 2. The lowest BCUT2D eigenvalue weighted by molar-refractivity contribution is 0.0698. The van der Waals surface area contributed by atoms with Crippen molar-refractivity contribution in [1.82, 2.24) is 14.2 Å². The topological polar surface area (TPSA) is 83.0 Å². The van der Waals surface area contributed by atoms with Crippen molar-refractivity contribution in [3.05, 3.63) is 71.7 Å². The van der Waals surface area contributed by atoms with E-state index in [1.54, 1.807) is 23.4 Å². The van der Waals surface area contributed by atoms with E-state index in [0.29, 0.717) is 74.3 Å². The van der Waals surface area contributed by atoms with E-state index >= 15 is 0 Å². The first-order valence-electron chi connectivity index (χ1n) is 12.3. The summed E-state index contributed by atoms with van der Waals surface area (Å²) in [6.45, 7) is 3.31. The van der Waals surface area contributed by atoms with Crippen molar-refractivity contribution in [3.8, 4) is 0 Å². The smallest absolute Gasteiger partial charge is 0.257 e. The highest BCUT2D eigenvalue weighted by molar-refractivity contribution is 7.88. The predicted molar refractivity (Wildman–Crippen MR) is 140 cm³/mol. The van der Waals surface area contributed by atoms with Crippen LogP contribution < -0.4 is 4.90 Å². The lowest BCUT2D eigenvalue weighted by atomic mass is 9.73. The van der Waals surface area contributed by atoms with Gasteiger partial charge in [-0.1, -0.05) is 30.3 Å². The van der Waals surface area contributed by atoms with Gasteiger partial charge in [0.25, 0.3) is 5.91 Å². The Morgan fingerprint density at radius 3 is 2.42 bits per heavy atom. The molecule has 0 bridgehead atoms. The first-order valence-corrected chi connectivity index (χ1v) is 13.8. The summed E-state index contributed by atoms with van der Waals surface area (Å²) >= 11 is -1.07. The molecule has 3 aromatic rings. The summed E-state index contributed by atoms with van der Waals surface area (Å²) in [7, 11) is 0. The van der Waals surface area contributed by atoms with Crippen LogP contribution in [0.25, 0.3) is 10.9 Å². The maximum atomic E-state index is 14.4. The first-order chi connectivity index (χ1) is 17.4. The van der Waals surface area contributed by atoms with Crippen LogP contribution >= 0.6 is 0 Å². The number of carbonyl (C=O) groups is 1. The van der Waals surface area contributed by atoms with E-state index in [1.807, 2.05) is 22.5 Å². The molecule has 2 aliphatic heterocycles. The van der Waals surface area contributed by atoms with Gasteiger partial charge in [-0.2, -0.15) is 0 Å². The minimum absolute atomic E-state index is 0.0471. The van der Waals surface area contributed by atoms with Gasteiger partial charge in [-0.15, -0.1) is 4.31 Å². The Morgan fingerprint density at radius 2 is 1.78 bits per heavy atom. The Balaban J connectivity index is 1.48. The summed E-state index contributed by atoms with van der Waals surface area (Å²) in [4.78, 5) is 22.1. The van der Waals surface area contributed by atoms with Crippen LogP contribution in [0.5, 0.6) is 0 Å². The van der Waals surface area contributed by atoms with Crippen molar-refractivity contribution in [1.29, 1.82) is 0 Å². The van der Waals surface area contributed by atoms with Crippen molar-refractivity contribution in [2.24, 2.45) is 0 Å². The highest BCUT2D eigenvalue weighted by atomic mass is 32.2. The molecule has 2 saturated heterocycles. The standard InChI is InChI=1S/C27H31FN4O3S/c1-36(35)32-15-13-31(14-16-32)26(34)23-18-29-24-8-7-21(28)17-22(24)25(23)30-11-9-27(19-33,10-12-30)20-5-3-2-4-6-20/h2-8,17-18,33H,9-16,19H2,1H3. The van der Waals surface area contributed by atoms with Crippen molar-refractivity contribution in [2.45, 2.75) is 18.3 Å². The molecule has 2 aliphatic rings. The number of pyridine rings is 1. The second-order valence-corrected chi connectivity index (χ2v) is 11.0. The van der Waals surface area contributed by atoms with Crippen LogP contribution in [0.2, 0.25) is 0 Å². The summed E-state index contributed by atoms with van der Waals surface area (Å²) in [6.07, 6.45) is 4.67. The van der Waals surface area contributed by atoms with E-state index in [9.17, 15) is 18.8 Å². The van der Waals surface area contributed by atoms with Gasteiger partial charge < -0.3 is 19.5 Å². The molecule has 190 valence electrons. The molecule has 7 nitrogen and oxygen atoms in total. The van der Waals surface area contributed by atoms with Gasteiger partial charge in [-0.05, 0) is 36.6 Å². The number of aromatic nitrogens is 1. The van der Waals surface area contributed by atoms with Gasteiger partial charge in [0, 0.05) is 54.5 Å². The van der Waals surface area contributed by atoms with Crippen molar-refractivity contribution < 1.29 is 18.8 Å². The fraction of sp³-hybridized carbons (Fsp3) is 0.407. The zero-order valence-electron chi connectivity index (χ0n) is 20.4. The Hall–Kier alpha value is -2.72. The Bertz CT molecular complexity index is 1230. The number of amides is 1. The van der Waals surface area contributed by atoms with Crippen LogP contribution in [0.3, 0.4) is 0 Å². The minimum Gasteiger partial charge on any atom is -0.598 e. The highest BCUT2D eigenvalue weighted by Crippen LogP contribution is 2.39. The number of piperazine rings is 1. The predicted octanol–water partition coefficient (Wildman–Crippen LogP) is 2.96. The van der Waals surface area contributed by atoms with Gasteiger partial charge in [0.1, 0.15) is 12.1 Å². The number of aliphatic hydroxyl groups is 1. The van der Waals surface area contributed by atoms with Crippen LogP contribution in [-0.4, -0.2) is 81.9 Å². The minimum atomic E-state index is -1.07. The molecule has 3 heterocycles. The average molecular weight is 511 g/mol. The molecule has 2 aromatic carbocycles. The molecule has 0 aliphatic carbocycles. The van der Waals surface area contributed by atoms with Gasteiger partial charge in [-0.3, -0.25) is 9.78 Å². The second kappa shape index (κ2) is 10.3. The number of fused-ring (bicyclic) bond motifs is 1. The molecule has 1 N–H and O–H groups in total. The number of nitrogens with zero attached hydrogens (tertiary/aromatic N) is 4. The van der Waals surface area contributed by atoms with Gasteiger partial charge in [-0.25, -0.2) is 4.39 Å². The van der Waals surface area contributed by atoms with Gasteiger partial charge in [0.05, 0.1) is 36.5 Å². The lowest BCUT2D eigenvalue weighted by Crippen LogP contribution is -2.50. The number of hydrogen-bond donors (Lipinski definition) is 1. The maximum Gasteiger partial charge on any atom is 0.257 e. The summed E-state index contributed by atoms with van der Waals surface area (Å²) in [5, 5.41) is 11.0. The molecule has 1 atom stereocenters. The van der Waals surface area contributed by atoms with Crippen LogP contribution in [-0.2, 0) is 16.8 Å². The van der Waals surface area contributed by atoms with Crippen LogP contribution in [0, 0.1) is 5.82 Å². The molecule has 2 fully saturated rings. The summed E-state index contributed by atoms with van der Waals surface area (Å²) in [5.41, 5.74) is 2.56. The molecule has 1 amide bonds. The van der Waals surface area contributed by atoms with Crippen molar-refractivity contribution in [3.63, 3.8) is 0 Å². The van der Waals surface area contributed by atoms with Gasteiger partial charge >= 0.3 is 0 Å². The maximum absolute atomic E-state index is 14.4. The molecule has 5 rings (SSSR count). The van der Waals surface area contributed by atoms with Gasteiger partial charge in [0.15, 0.2) is 0 Å². The largest absolute Gasteiger partial charge is 0.598 e. The molecule has 9 heteroatoms. The molecule has 0 saturated carbocycles. The van der Waals surface area contributed by atoms with Crippen LogP contribution in [0.4, 0.5) is 10.1 Å². The zero-order chi connectivity index (χ0) is 25.3. The third-order valence-corrected chi connectivity index (χ3v) is 8.74. The monoisotopic (exact) mass is 510 g/mol. The molecule has 0 spiro atoms. The van der Waals surface area contributed by atoms with Crippen LogP contribution in [0.1, 0.15) is 28.8 Å². The summed E-state index contributed by atoms with van der Waals surface area (Å²) < 4.78 is 28.1. The van der Waals surface area contributed by atoms with E-state index in [0.717, 1.165) is 5.56 Å². The molecule has 1 unspecified atom stereocenters. The normalized spacial score (nSPS) is 19.4. The SMILES string of the molecule is C[S+]([O-])N1CCN(C(=O)c2cnc3ccc(F)cc3c2N2CCC(CO)(c3ccccc3)CC2)CC1. The fourth-order valence-electron chi connectivity index (χ4n) is 5.45. The van der Waals surface area contributed by atoms with Crippen molar-refractivity contribution in [2.75, 3.05) is 57.0 Å². The van der Waals surface area contributed by atoms with Gasteiger partial charge in [0.2, 0.25) is 0 Å². The van der Waals surface area contributed by atoms with E-state index < -0.39 is 11.4 Å². The summed E-state index contributed by atoms with van der Waals surface area (Å²) in [5.74, 6) is -0.521. The Kier molecular flexibility index (Phi) is 7.16. The van der Waals surface area contributed by atoms with E-state index in [-0.39, 0.29) is 23.7 Å². The van der Waals surface area contributed by atoms with E-state index in [2.05, 4.69) is 22.0 Å². The zero-order valence-corrected chi connectivity index (χ0v) is 21.2. The number of piperidine rings is 1. The third-order valence-electron chi connectivity index (χ3n) is 7.65. The fourth-order valence-corrected chi connectivity index (χ4v) is 6.13. The number of aliphatic hydroxyl groups excluding tert-OH is 1. The third kappa shape index (κ3) is 4.68. The number of halogens is 1. The molecular weight excluding hydrogens is 479 g/mol. The first kappa shape index (κ1) is 25.0. The molecule has 36 heavy (non-hydrogen) atoms. The number of carbonyl (C=O) groups excluding carboxylic acids is 1. The number of rotatable bonds is 5. The highest BCUT2D eigenvalue weighted by Gasteiger charge is 2.37. The second-order valence-electron chi connectivity index (χ2n) is 9.62. The van der Waals surface area contributed by atoms with E-state index in [1.165, 1.54) is 12.1 Å². The number of anilines is 1. The Morgan fingerprint density at radius 1 is 1.08 bits per heavy atom. The summed E-state index contributed by atoms with van der Waals surface area (Å²) in [6, 6.07) is 14.5. The van der Waals surface area contributed by atoms with Crippen molar-refractivity contribution >= 4 is 33.9 Å². The quantitative estimate of drug-likeness (QED) is 0.532. The average Bonchev–Trinajstić information content (AvgIpc) is 2.92.